The molecular weight excluding hydrogens is 382 g/mol. The lowest BCUT2D eigenvalue weighted by Crippen LogP contribution is -2.07. The van der Waals surface area contributed by atoms with E-state index in [0.29, 0.717) is 12.1 Å². The smallest absolute Gasteiger partial charge is 0.338 e. The average Bonchev–Trinajstić information content (AvgIpc) is 2.34. The number of anilines is 2. The SMILES string of the molecule is Fc1cc(Nc2cc(C(F)(F)F)cc(Cl)n2)c(F)cc1Br. The van der Waals surface area contributed by atoms with Gasteiger partial charge in [-0.05, 0) is 34.1 Å². The van der Waals surface area contributed by atoms with Gasteiger partial charge in [-0.25, -0.2) is 13.8 Å². The molecule has 112 valence electrons. The van der Waals surface area contributed by atoms with E-state index in [9.17, 15) is 22.0 Å². The van der Waals surface area contributed by atoms with Gasteiger partial charge in [0.15, 0.2) is 0 Å². The summed E-state index contributed by atoms with van der Waals surface area (Å²) in [7, 11) is 0. The van der Waals surface area contributed by atoms with Crippen LogP contribution in [0.15, 0.2) is 28.7 Å². The predicted molar refractivity (Wildman–Crippen MR) is 71.6 cm³/mol. The summed E-state index contributed by atoms with van der Waals surface area (Å²) in [6.45, 7) is 0. The van der Waals surface area contributed by atoms with Crippen molar-refractivity contribution in [2.75, 3.05) is 5.32 Å². The fourth-order valence-electron chi connectivity index (χ4n) is 1.48. The monoisotopic (exact) mass is 386 g/mol. The molecule has 1 aromatic heterocycles. The Hall–Kier alpha value is -1.41. The van der Waals surface area contributed by atoms with Crippen molar-refractivity contribution in [1.29, 1.82) is 0 Å². The van der Waals surface area contributed by atoms with E-state index in [1.165, 1.54) is 0 Å². The second-order valence-electron chi connectivity index (χ2n) is 3.93. The molecule has 0 unspecified atom stereocenters. The summed E-state index contributed by atoms with van der Waals surface area (Å²) in [6, 6.07) is 2.90. The quantitative estimate of drug-likeness (QED) is 0.416. The van der Waals surface area contributed by atoms with Gasteiger partial charge in [-0.3, -0.25) is 0 Å². The molecule has 0 saturated heterocycles. The van der Waals surface area contributed by atoms with Crippen molar-refractivity contribution in [2.45, 2.75) is 6.18 Å². The van der Waals surface area contributed by atoms with Crippen molar-refractivity contribution in [3.63, 3.8) is 0 Å². The third kappa shape index (κ3) is 3.82. The minimum absolute atomic E-state index is 0.111. The first-order chi connectivity index (χ1) is 9.66. The number of nitrogens with one attached hydrogen (secondary N) is 1. The zero-order valence-electron chi connectivity index (χ0n) is 9.90. The zero-order valence-corrected chi connectivity index (χ0v) is 12.2. The number of hydrogen-bond donors (Lipinski definition) is 1. The van der Waals surface area contributed by atoms with Crippen LogP contribution in [-0.4, -0.2) is 4.98 Å². The number of halogens is 7. The normalized spacial score (nSPS) is 11.6. The highest BCUT2D eigenvalue weighted by molar-refractivity contribution is 9.10. The number of rotatable bonds is 2. The third-order valence-electron chi connectivity index (χ3n) is 2.39. The van der Waals surface area contributed by atoms with E-state index in [2.05, 4.69) is 26.2 Å². The maximum absolute atomic E-state index is 13.6. The number of nitrogens with zero attached hydrogens (tertiary/aromatic N) is 1. The molecule has 0 radical (unpaired) electrons. The first-order valence-electron chi connectivity index (χ1n) is 5.33. The van der Waals surface area contributed by atoms with Gasteiger partial charge in [0.2, 0.25) is 0 Å². The van der Waals surface area contributed by atoms with E-state index in [4.69, 9.17) is 11.6 Å². The fraction of sp³-hybridized carbons (Fsp3) is 0.0833. The lowest BCUT2D eigenvalue weighted by Gasteiger charge is -2.11. The van der Waals surface area contributed by atoms with Gasteiger partial charge in [-0.1, -0.05) is 11.6 Å². The van der Waals surface area contributed by atoms with Crippen molar-refractivity contribution in [3.8, 4) is 0 Å². The van der Waals surface area contributed by atoms with Crippen molar-refractivity contribution in [3.05, 3.63) is 51.1 Å². The first-order valence-corrected chi connectivity index (χ1v) is 6.50. The van der Waals surface area contributed by atoms with Gasteiger partial charge in [-0.2, -0.15) is 13.2 Å². The number of pyridine rings is 1. The second kappa shape index (κ2) is 5.76. The Labute approximate surface area is 129 Å². The molecule has 2 nitrogen and oxygen atoms in total. The molecular formula is C12H5BrClF5N2. The summed E-state index contributed by atoms with van der Waals surface area (Å²) in [4.78, 5) is 3.59. The molecule has 21 heavy (non-hydrogen) atoms. The molecule has 0 fully saturated rings. The Balaban J connectivity index is 2.40. The molecule has 0 bridgehead atoms. The van der Waals surface area contributed by atoms with Crippen LogP contribution in [0.1, 0.15) is 5.56 Å². The molecule has 0 aliphatic heterocycles. The minimum atomic E-state index is -4.63. The van der Waals surface area contributed by atoms with Gasteiger partial charge >= 0.3 is 6.18 Å². The largest absolute Gasteiger partial charge is 0.416 e. The fourth-order valence-corrected chi connectivity index (χ4v) is 2.00. The molecule has 0 spiro atoms. The minimum Gasteiger partial charge on any atom is -0.338 e. The van der Waals surface area contributed by atoms with Crippen LogP contribution in [-0.2, 0) is 6.18 Å². The van der Waals surface area contributed by atoms with Crippen LogP contribution in [0.2, 0.25) is 5.15 Å². The van der Waals surface area contributed by atoms with Crippen LogP contribution in [0.4, 0.5) is 33.5 Å². The molecule has 0 aliphatic carbocycles. The first kappa shape index (κ1) is 16.0. The maximum Gasteiger partial charge on any atom is 0.416 e. The van der Waals surface area contributed by atoms with Crippen molar-refractivity contribution in [2.24, 2.45) is 0 Å². The highest BCUT2D eigenvalue weighted by Gasteiger charge is 2.31. The lowest BCUT2D eigenvalue weighted by molar-refractivity contribution is -0.137. The van der Waals surface area contributed by atoms with Crippen LogP contribution >= 0.6 is 27.5 Å². The van der Waals surface area contributed by atoms with Crippen LogP contribution in [0, 0.1) is 11.6 Å². The highest BCUT2D eigenvalue weighted by Crippen LogP contribution is 2.33. The van der Waals surface area contributed by atoms with Gasteiger partial charge in [0.1, 0.15) is 22.6 Å². The van der Waals surface area contributed by atoms with Crippen molar-refractivity contribution < 1.29 is 22.0 Å². The Morgan fingerprint density at radius 3 is 2.33 bits per heavy atom. The molecule has 0 saturated carbocycles. The van der Waals surface area contributed by atoms with Crippen LogP contribution in [0.25, 0.3) is 0 Å². The zero-order chi connectivity index (χ0) is 15.8. The Morgan fingerprint density at radius 2 is 1.71 bits per heavy atom. The highest BCUT2D eigenvalue weighted by atomic mass is 79.9. The summed E-state index contributed by atoms with van der Waals surface area (Å²) in [5.74, 6) is -1.99. The Kier molecular flexibility index (Phi) is 4.38. The second-order valence-corrected chi connectivity index (χ2v) is 5.17. The maximum atomic E-state index is 13.6. The molecule has 2 aromatic rings. The standard InChI is InChI=1S/C12H5BrClF5N2/c13-6-3-8(16)9(4-7(6)15)20-11-2-5(12(17,18)19)1-10(14)21-11/h1-4H,(H,20,21). The van der Waals surface area contributed by atoms with Crippen LogP contribution in [0.3, 0.4) is 0 Å². The van der Waals surface area contributed by atoms with E-state index in [0.717, 1.165) is 12.1 Å². The predicted octanol–water partition coefficient (Wildman–Crippen LogP) is 5.54. The summed E-state index contributed by atoms with van der Waals surface area (Å²) in [6.07, 6.45) is -4.63. The van der Waals surface area contributed by atoms with E-state index in [-0.39, 0.29) is 16.0 Å². The number of alkyl halides is 3. The van der Waals surface area contributed by atoms with Gasteiger partial charge < -0.3 is 5.32 Å². The van der Waals surface area contributed by atoms with Gasteiger partial charge in [0, 0.05) is 6.07 Å². The summed E-state index contributed by atoms with van der Waals surface area (Å²) in [5.41, 5.74) is -1.42. The van der Waals surface area contributed by atoms with Crippen LogP contribution in [0.5, 0.6) is 0 Å². The van der Waals surface area contributed by atoms with Crippen molar-refractivity contribution >= 4 is 39.0 Å². The van der Waals surface area contributed by atoms with E-state index in [1.54, 1.807) is 0 Å². The molecule has 0 amide bonds. The average molecular weight is 388 g/mol. The molecule has 2 rings (SSSR count). The number of benzene rings is 1. The number of hydrogen-bond acceptors (Lipinski definition) is 2. The molecule has 1 aromatic carbocycles. The lowest BCUT2D eigenvalue weighted by atomic mass is 10.2. The van der Waals surface area contributed by atoms with Gasteiger partial charge in [-0.15, -0.1) is 0 Å². The van der Waals surface area contributed by atoms with Gasteiger partial charge in [0.25, 0.3) is 0 Å². The molecule has 9 heteroatoms. The van der Waals surface area contributed by atoms with Crippen LogP contribution < -0.4 is 5.32 Å². The summed E-state index contributed by atoms with van der Waals surface area (Å²) in [5, 5.41) is 1.84. The Morgan fingerprint density at radius 1 is 1.05 bits per heavy atom. The topological polar surface area (TPSA) is 24.9 Å². The molecule has 0 atom stereocenters. The van der Waals surface area contributed by atoms with E-state index >= 15 is 0 Å². The molecule has 0 aliphatic rings. The Bertz CT molecular complexity index is 690. The third-order valence-corrected chi connectivity index (χ3v) is 3.20. The number of aromatic nitrogens is 1. The summed E-state index contributed by atoms with van der Waals surface area (Å²) < 4.78 is 64.7. The summed E-state index contributed by atoms with van der Waals surface area (Å²) >= 11 is 8.28. The molecule has 1 heterocycles. The van der Waals surface area contributed by atoms with Gasteiger partial charge in [0.05, 0.1) is 15.7 Å². The van der Waals surface area contributed by atoms with E-state index in [1.807, 2.05) is 0 Å². The van der Waals surface area contributed by atoms with Crippen molar-refractivity contribution in [1.82, 2.24) is 4.98 Å². The van der Waals surface area contributed by atoms with E-state index < -0.39 is 28.5 Å². The molecule has 1 N–H and O–H groups in total.